The molecule has 0 spiro atoms. The first kappa shape index (κ1) is 18.0. The molecule has 3 aromatic heterocycles. The molecule has 0 fully saturated rings. The van der Waals surface area contributed by atoms with Gasteiger partial charge in [0.25, 0.3) is 11.8 Å². The van der Waals surface area contributed by atoms with Gasteiger partial charge in [0.1, 0.15) is 5.76 Å². The van der Waals surface area contributed by atoms with Crippen molar-refractivity contribution in [3.8, 4) is 0 Å². The molecule has 4 heterocycles. The van der Waals surface area contributed by atoms with E-state index in [4.69, 9.17) is 4.52 Å². The number of nitrogens with one attached hydrogen (secondary N) is 1. The second-order valence-corrected chi connectivity index (χ2v) is 8.74. The molecule has 0 saturated carbocycles. The largest absolute Gasteiger partial charge is 0.361 e. The number of aromatic nitrogens is 3. The van der Waals surface area contributed by atoms with E-state index in [1.165, 1.54) is 22.7 Å². The fourth-order valence-electron chi connectivity index (χ4n) is 3.16. The third-order valence-corrected chi connectivity index (χ3v) is 6.60. The van der Waals surface area contributed by atoms with Crippen molar-refractivity contribution in [2.45, 2.75) is 19.9 Å². The second-order valence-electron chi connectivity index (χ2n) is 6.63. The molecule has 0 bridgehead atoms. The van der Waals surface area contributed by atoms with E-state index in [2.05, 4.69) is 20.4 Å². The molecule has 10 heteroatoms. The average Bonchev–Trinajstić information content (AvgIpc) is 3.43. The van der Waals surface area contributed by atoms with Crippen LogP contribution in [0.25, 0.3) is 10.2 Å². The number of hydrogen-bond acceptors (Lipinski definition) is 8. The Morgan fingerprint density at radius 1 is 1.21 bits per heavy atom. The molecule has 0 atom stereocenters. The highest BCUT2D eigenvalue weighted by Crippen LogP contribution is 2.30. The van der Waals surface area contributed by atoms with Crippen LogP contribution in [0, 0.1) is 6.92 Å². The number of carbonyl (C=O) groups excluding carboxylic acids is 2. The summed E-state index contributed by atoms with van der Waals surface area (Å²) < 4.78 is 5.93. The Morgan fingerprint density at radius 3 is 2.86 bits per heavy atom. The van der Waals surface area contributed by atoms with Gasteiger partial charge in [0, 0.05) is 23.9 Å². The quantitative estimate of drug-likeness (QED) is 0.539. The van der Waals surface area contributed by atoms with E-state index in [0.717, 1.165) is 20.8 Å². The Kier molecular flexibility index (Phi) is 4.36. The van der Waals surface area contributed by atoms with Crippen molar-refractivity contribution in [3.05, 3.63) is 57.4 Å². The van der Waals surface area contributed by atoms with Crippen LogP contribution in [-0.2, 0) is 13.0 Å². The van der Waals surface area contributed by atoms with Crippen molar-refractivity contribution < 1.29 is 14.1 Å². The topological polar surface area (TPSA) is 101 Å². The van der Waals surface area contributed by atoms with Gasteiger partial charge in [-0.05, 0) is 19.1 Å². The molecule has 0 radical (unpaired) electrons. The molecule has 1 aliphatic rings. The zero-order valence-corrected chi connectivity index (χ0v) is 17.0. The molecule has 4 aromatic rings. The van der Waals surface area contributed by atoms with E-state index in [1.54, 1.807) is 17.9 Å². The summed E-state index contributed by atoms with van der Waals surface area (Å²) in [6, 6.07) is 9.30. The maximum absolute atomic E-state index is 12.9. The zero-order chi connectivity index (χ0) is 20.0. The first-order valence-electron chi connectivity index (χ1n) is 8.95. The zero-order valence-electron chi connectivity index (χ0n) is 15.3. The Labute approximate surface area is 173 Å². The molecule has 0 saturated heterocycles. The SMILES string of the molecule is Cc1cc(C(=O)Nc2nc3c(s2)CN(C(=O)c2nc4ccccc4s2)CC3)no1. The van der Waals surface area contributed by atoms with Gasteiger partial charge in [-0.1, -0.05) is 28.6 Å². The summed E-state index contributed by atoms with van der Waals surface area (Å²) >= 11 is 2.78. The summed E-state index contributed by atoms with van der Waals surface area (Å²) in [5.74, 6) is 0.127. The molecular weight excluding hydrogens is 410 g/mol. The number of aryl methyl sites for hydroxylation is 1. The van der Waals surface area contributed by atoms with Crippen LogP contribution in [0.1, 0.15) is 36.6 Å². The lowest BCUT2D eigenvalue weighted by Crippen LogP contribution is -2.35. The van der Waals surface area contributed by atoms with Crippen LogP contribution < -0.4 is 5.32 Å². The molecule has 29 heavy (non-hydrogen) atoms. The molecule has 1 N–H and O–H groups in total. The number of para-hydroxylation sites is 1. The third-order valence-electron chi connectivity index (χ3n) is 4.58. The van der Waals surface area contributed by atoms with Gasteiger partial charge >= 0.3 is 0 Å². The van der Waals surface area contributed by atoms with Crippen molar-refractivity contribution in [1.82, 2.24) is 20.0 Å². The van der Waals surface area contributed by atoms with E-state index < -0.39 is 0 Å². The van der Waals surface area contributed by atoms with Crippen molar-refractivity contribution in [2.24, 2.45) is 0 Å². The van der Waals surface area contributed by atoms with E-state index in [1.807, 2.05) is 24.3 Å². The number of fused-ring (bicyclic) bond motifs is 2. The Morgan fingerprint density at radius 2 is 2.07 bits per heavy atom. The smallest absolute Gasteiger partial charge is 0.283 e. The number of anilines is 1. The summed E-state index contributed by atoms with van der Waals surface area (Å²) in [6.45, 7) is 2.75. The lowest BCUT2D eigenvalue weighted by molar-refractivity contribution is 0.0736. The minimum atomic E-state index is -0.365. The number of amides is 2. The number of benzene rings is 1. The summed E-state index contributed by atoms with van der Waals surface area (Å²) in [6.07, 6.45) is 0.640. The Hall–Kier alpha value is -3.11. The van der Waals surface area contributed by atoms with Crippen LogP contribution in [0.3, 0.4) is 0 Å². The molecule has 8 nitrogen and oxygen atoms in total. The Balaban J connectivity index is 1.31. The molecule has 1 aromatic carbocycles. The van der Waals surface area contributed by atoms with Crippen molar-refractivity contribution in [2.75, 3.05) is 11.9 Å². The molecule has 2 amide bonds. The first-order valence-corrected chi connectivity index (χ1v) is 10.6. The van der Waals surface area contributed by atoms with Gasteiger partial charge in [-0.2, -0.15) is 0 Å². The predicted molar refractivity (Wildman–Crippen MR) is 109 cm³/mol. The van der Waals surface area contributed by atoms with E-state index in [0.29, 0.717) is 35.4 Å². The maximum Gasteiger partial charge on any atom is 0.283 e. The van der Waals surface area contributed by atoms with Crippen LogP contribution >= 0.6 is 22.7 Å². The minimum Gasteiger partial charge on any atom is -0.361 e. The molecule has 146 valence electrons. The summed E-state index contributed by atoms with van der Waals surface area (Å²) in [5, 5.41) is 7.46. The fraction of sp³-hybridized carbons (Fsp3) is 0.211. The molecule has 5 rings (SSSR count). The number of rotatable bonds is 3. The van der Waals surface area contributed by atoms with Gasteiger partial charge in [-0.3, -0.25) is 14.9 Å². The lowest BCUT2D eigenvalue weighted by atomic mass is 10.2. The Bertz CT molecular complexity index is 1210. The fourth-order valence-corrected chi connectivity index (χ4v) is 5.11. The maximum atomic E-state index is 12.9. The van der Waals surface area contributed by atoms with Gasteiger partial charge in [0.05, 0.1) is 22.5 Å². The molecule has 0 aliphatic carbocycles. The highest BCUT2D eigenvalue weighted by Gasteiger charge is 2.27. The van der Waals surface area contributed by atoms with E-state index >= 15 is 0 Å². The highest BCUT2D eigenvalue weighted by molar-refractivity contribution is 7.20. The normalized spacial score (nSPS) is 13.5. The number of hydrogen-bond donors (Lipinski definition) is 1. The molecule has 0 unspecified atom stereocenters. The summed E-state index contributed by atoms with van der Waals surface area (Å²) in [4.78, 5) is 36.9. The van der Waals surface area contributed by atoms with Crippen molar-refractivity contribution in [1.29, 1.82) is 0 Å². The summed E-state index contributed by atoms with van der Waals surface area (Å²) in [5.41, 5.74) is 1.96. The minimum absolute atomic E-state index is 0.0751. The highest BCUT2D eigenvalue weighted by atomic mass is 32.1. The van der Waals surface area contributed by atoms with Crippen LogP contribution in [0.2, 0.25) is 0 Å². The monoisotopic (exact) mass is 425 g/mol. The van der Waals surface area contributed by atoms with Gasteiger partial charge in [0.2, 0.25) is 0 Å². The third kappa shape index (κ3) is 3.40. The number of thiazole rings is 2. The van der Waals surface area contributed by atoms with Crippen LogP contribution in [0.15, 0.2) is 34.9 Å². The van der Waals surface area contributed by atoms with Crippen LogP contribution in [0.4, 0.5) is 5.13 Å². The van der Waals surface area contributed by atoms with Crippen LogP contribution in [-0.4, -0.2) is 38.4 Å². The second kappa shape index (κ2) is 7.05. The predicted octanol–water partition coefficient (Wildman–Crippen LogP) is 3.50. The number of carbonyl (C=O) groups is 2. The van der Waals surface area contributed by atoms with Gasteiger partial charge in [-0.15, -0.1) is 11.3 Å². The summed E-state index contributed by atoms with van der Waals surface area (Å²) in [7, 11) is 0. The lowest BCUT2D eigenvalue weighted by Gasteiger charge is -2.25. The van der Waals surface area contributed by atoms with E-state index in [9.17, 15) is 9.59 Å². The molecule has 1 aliphatic heterocycles. The van der Waals surface area contributed by atoms with Gasteiger partial charge < -0.3 is 9.42 Å². The average molecular weight is 425 g/mol. The van der Waals surface area contributed by atoms with Gasteiger partial charge in [0.15, 0.2) is 15.8 Å². The van der Waals surface area contributed by atoms with Crippen molar-refractivity contribution >= 4 is 49.8 Å². The van der Waals surface area contributed by atoms with E-state index in [-0.39, 0.29) is 17.5 Å². The first-order chi connectivity index (χ1) is 14.1. The standard InChI is InChI=1S/C19H15N5O3S2/c1-10-8-13(23-27-10)16(25)22-19-21-12-6-7-24(9-15(12)29-19)18(26)17-20-11-4-2-3-5-14(11)28-17/h2-5,8H,6-7,9H2,1H3,(H,21,22,25). The number of nitrogens with zero attached hydrogens (tertiary/aromatic N) is 4. The van der Waals surface area contributed by atoms with Crippen molar-refractivity contribution in [3.63, 3.8) is 0 Å². The van der Waals surface area contributed by atoms with Crippen LogP contribution in [0.5, 0.6) is 0 Å². The van der Waals surface area contributed by atoms with Gasteiger partial charge in [-0.25, -0.2) is 9.97 Å². The molecular formula is C19H15N5O3S2.